The molecule has 4 rings (SSSR count). The molecule has 31 heavy (non-hydrogen) atoms. The standard InChI is InChI=1S/C24H28N6S/c1-4-25-24(27-14-23-29-17(2)18(3)31-23)26-13-19-9-11-20(12-10-19)15-30-16-28-21-7-5-6-8-22(21)30/h5-12,16H,4,13-15H2,1-3H3,(H2,25,26,27). The summed E-state index contributed by atoms with van der Waals surface area (Å²) in [5, 5.41) is 7.77. The highest BCUT2D eigenvalue weighted by atomic mass is 32.1. The van der Waals surface area contributed by atoms with Crippen molar-refractivity contribution in [2.24, 2.45) is 4.99 Å². The van der Waals surface area contributed by atoms with Crippen molar-refractivity contribution in [3.05, 3.63) is 81.6 Å². The minimum Gasteiger partial charge on any atom is -0.357 e. The number of thiazole rings is 1. The number of imidazole rings is 1. The highest BCUT2D eigenvalue weighted by Gasteiger charge is 2.06. The molecule has 0 bridgehead atoms. The molecule has 0 radical (unpaired) electrons. The maximum Gasteiger partial charge on any atom is 0.191 e. The number of nitrogens with zero attached hydrogens (tertiary/aromatic N) is 4. The molecule has 160 valence electrons. The number of benzene rings is 2. The lowest BCUT2D eigenvalue weighted by atomic mass is 10.1. The van der Waals surface area contributed by atoms with Gasteiger partial charge in [0.2, 0.25) is 0 Å². The van der Waals surface area contributed by atoms with Crippen molar-refractivity contribution < 1.29 is 0 Å². The first-order valence-electron chi connectivity index (χ1n) is 10.5. The third-order valence-electron chi connectivity index (χ3n) is 5.15. The molecule has 0 amide bonds. The molecule has 7 heteroatoms. The Labute approximate surface area is 187 Å². The van der Waals surface area contributed by atoms with E-state index < -0.39 is 0 Å². The second-order valence-electron chi connectivity index (χ2n) is 7.48. The van der Waals surface area contributed by atoms with Crippen LogP contribution in [0.5, 0.6) is 0 Å². The van der Waals surface area contributed by atoms with E-state index in [1.165, 1.54) is 16.0 Å². The summed E-state index contributed by atoms with van der Waals surface area (Å²) < 4.78 is 2.18. The number of hydrogen-bond donors (Lipinski definition) is 2. The predicted octanol–water partition coefficient (Wildman–Crippen LogP) is 4.41. The van der Waals surface area contributed by atoms with Crippen LogP contribution in [0, 0.1) is 13.8 Å². The van der Waals surface area contributed by atoms with Crippen molar-refractivity contribution >= 4 is 28.3 Å². The SMILES string of the molecule is CCNC(=NCc1ccc(Cn2cnc3ccccc32)cc1)NCc1nc(C)c(C)s1. The third-order valence-corrected chi connectivity index (χ3v) is 6.22. The number of aliphatic imine (C=N–C) groups is 1. The first-order chi connectivity index (χ1) is 15.1. The number of nitrogens with one attached hydrogen (secondary N) is 2. The number of aryl methyl sites for hydroxylation is 2. The summed E-state index contributed by atoms with van der Waals surface area (Å²) in [5.74, 6) is 0.807. The summed E-state index contributed by atoms with van der Waals surface area (Å²) in [6, 6.07) is 16.8. The molecular formula is C24H28N6S. The number of rotatable bonds is 7. The molecule has 2 aromatic carbocycles. The predicted molar refractivity (Wildman–Crippen MR) is 129 cm³/mol. The van der Waals surface area contributed by atoms with Crippen molar-refractivity contribution in [2.45, 2.75) is 40.4 Å². The molecule has 0 unspecified atom stereocenters. The summed E-state index contributed by atoms with van der Waals surface area (Å²) in [6.45, 7) is 9.16. The number of fused-ring (bicyclic) bond motifs is 1. The van der Waals surface area contributed by atoms with Crippen LogP contribution in [-0.2, 0) is 19.6 Å². The van der Waals surface area contributed by atoms with E-state index in [2.05, 4.69) is 75.4 Å². The number of aromatic nitrogens is 3. The van der Waals surface area contributed by atoms with Gasteiger partial charge in [-0.15, -0.1) is 11.3 Å². The number of hydrogen-bond acceptors (Lipinski definition) is 4. The molecule has 0 fully saturated rings. The van der Waals surface area contributed by atoms with Crippen LogP contribution >= 0.6 is 11.3 Å². The van der Waals surface area contributed by atoms with Crippen LogP contribution in [0.2, 0.25) is 0 Å². The topological polar surface area (TPSA) is 67.1 Å². The lowest BCUT2D eigenvalue weighted by Crippen LogP contribution is -2.36. The Morgan fingerprint density at radius 3 is 2.55 bits per heavy atom. The van der Waals surface area contributed by atoms with E-state index in [1.807, 2.05) is 25.4 Å². The molecular weight excluding hydrogens is 404 g/mol. The van der Waals surface area contributed by atoms with E-state index in [0.29, 0.717) is 13.1 Å². The fourth-order valence-corrected chi connectivity index (χ4v) is 4.24. The summed E-state index contributed by atoms with van der Waals surface area (Å²) in [4.78, 5) is 15.1. The van der Waals surface area contributed by atoms with E-state index in [4.69, 9.17) is 4.99 Å². The van der Waals surface area contributed by atoms with Crippen molar-refractivity contribution in [3.8, 4) is 0 Å². The lowest BCUT2D eigenvalue weighted by Gasteiger charge is -2.10. The highest BCUT2D eigenvalue weighted by Crippen LogP contribution is 2.16. The molecule has 0 aliphatic heterocycles. The lowest BCUT2D eigenvalue weighted by molar-refractivity contribution is 0.808. The molecule has 2 N–H and O–H groups in total. The van der Waals surface area contributed by atoms with E-state index >= 15 is 0 Å². The number of para-hydroxylation sites is 2. The van der Waals surface area contributed by atoms with Crippen LogP contribution in [0.25, 0.3) is 11.0 Å². The van der Waals surface area contributed by atoms with Gasteiger partial charge < -0.3 is 15.2 Å². The van der Waals surface area contributed by atoms with Crippen LogP contribution in [0.1, 0.15) is 33.6 Å². The largest absolute Gasteiger partial charge is 0.357 e. The number of guanidine groups is 1. The summed E-state index contributed by atoms with van der Waals surface area (Å²) >= 11 is 1.73. The molecule has 0 atom stereocenters. The van der Waals surface area contributed by atoms with E-state index in [1.54, 1.807) is 11.3 Å². The molecule has 2 heterocycles. The zero-order chi connectivity index (χ0) is 21.6. The zero-order valence-electron chi connectivity index (χ0n) is 18.2. The summed E-state index contributed by atoms with van der Waals surface area (Å²) in [7, 11) is 0. The average Bonchev–Trinajstić information content (AvgIpc) is 3.34. The van der Waals surface area contributed by atoms with E-state index in [-0.39, 0.29) is 0 Å². The Hall–Kier alpha value is -3.19. The van der Waals surface area contributed by atoms with Gasteiger partial charge in [0.15, 0.2) is 5.96 Å². The summed E-state index contributed by atoms with van der Waals surface area (Å²) in [6.07, 6.45) is 1.91. The maximum absolute atomic E-state index is 4.73. The molecule has 0 aliphatic carbocycles. The molecule has 0 saturated heterocycles. The Morgan fingerprint density at radius 1 is 1.03 bits per heavy atom. The van der Waals surface area contributed by atoms with Crippen LogP contribution in [0.4, 0.5) is 0 Å². The first-order valence-corrected chi connectivity index (χ1v) is 11.4. The van der Waals surface area contributed by atoms with Crippen molar-refractivity contribution in [1.29, 1.82) is 0 Å². The fourth-order valence-electron chi connectivity index (χ4n) is 3.37. The zero-order valence-corrected chi connectivity index (χ0v) is 19.0. The van der Waals surface area contributed by atoms with Crippen LogP contribution < -0.4 is 10.6 Å². The van der Waals surface area contributed by atoms with Crippen LogP contribution in [0.15, 0.2) is 59.9 Å². The minimum atomic E-state index is 0.625. The van der Waals surface area contributed by atoms with Crippen molar-refractivity contribution in [1.82, 2.24) is 25.2 Å². The van der Waals surface area contributed by atoms with Crippen LogP contribution in [-0.4, -0.2) is 27.0 Å². The molecule has 6 nitrogen and oxygen atoms in total. The molecule has 0 saturated carbocycles. The van der Waals surface area contributed by atoms with Gasteiger partial charge in [0.1, 0.15) is 5.01 Å². The Bertz CT molecular complexity index is 1150. The van der Waals surface area contributed by atoms with Gasteiger partial charge in [-0.3, -0.25) is 0 Å². The quantitative estimate of drug-likeness (QED) is 0.335. The van der Waals surface area contributed by atoms with E-state index in [0.717, 1.165) is 40.8 Å². The normalized spacial score (nSPS) is 11.8. The summed E-state index contributed by atoms with van der Waals surface area (Å²) in [5.41, 5.74) is 5.71. The van der Waals surface area contributed by atoms with Crippen molar-refractivity contribution in [3.63, 3.8) is 0 Å². The average molecular weight is 433 g/mol. The van der Waals surface area contributed by atoms with Gasteiger partial charge in [0, 0.05) is 18.0 Å². The van der Waals surface area contributed by atoms with Gasteiger partial charge in [-0.1, -0.05) is 36.4 Å². The molecule has 2 aromatic heterocycles. The second-order valence-corrected chi connectivity index (χ2v) is 8.76. The van der Waals surface area contributed by atoms with Gasteiger partial charge >= 0.3 is 0 Å². The fraction of sp³-hybridized carbons (Fsp3) is 0.292. The molecule has 4 aromatic rings. The van der Waals surface area contributed by atoms with Crippen LogP contribution in [0.3, 0.4) is 0 Å². The van der Waals surface area contributed by atoms with Crippen molar-refractivity contribution in [2.75, 3.05) is 6.54 Å². The van der Waals surface area contributed by atoms with Gasteiger partial charge in [-0.2, -0.15) is 0 Å². The third kappa shape index (κ3) is 5.30. The second kappa shape index (κ2) is 9.75. The Kier molecular flexibility index (Phi) is 6.62. The monoisotopic (exact) mass is 432 g/mol. The van der Waals surface area contributed by atoms with Gasteiger partial charge in [-0.05, 0) is 44.0 Å². The minimum absolute atomic E-state index is 0.625. The first kappa shape index (κ1) is 21.1. The van der Waals surface area contributed by atoms with Gasteiger partial charge in [0.25, 0.3) is 0 Å². The van der Waals surface area contributed by atoms with Gasteiger partial charge in [0.05, 0.1) is 36.1 Å². The maximum atomic E-state index is 4.73. The Balaban J connectivity index is 1.37. The highest BCUT2D eigenvalue weighted by molar-refractivity contribution is 7.11. The Morgan fingerprint density at radius 2 is 1.81 bits per heavy atom. The molecule has 0 aliphatic rings. The van der Waals surface area contributed by atoms with E-state index in [9.17, 15) is 0 Å². The van der Waals surface area contributed by atoms with Gasteiger partial charge in [-0.25, -0.2) is 15.0 Å². The molecule has 0 spiro atoms. The smallest absolute Gasteiger partial charge is 0.191 e.